The molecular formula is C20H21F3N4O2. The topological polar surface area (TPSA) is 82.3 Å². The summed E-state index contributed by atoms with van der Waals surface area (Å²) in [6.45, 7) is 1.54. The van der Waals surface area contributed by atoms with E-state index in [9.17, 15) is 22.8 Å². The summed E-state index contributed by atoms with van der Waals surface area (Å²) in [4.78, 5) is 24.0. The van der Waals surface area contributed by atoms with Gasteiger partial charge in [0.05, 0.1) is 11.3 Å². The highest BCUT2D eigenvalue weighted by Crippen LogP contribution is 2.34. The maximum Gasteiger partial charge on any atom is 0.418 e. The van der Waals surface area contributed by atoms with Crippen molar-refractivity contribution in [2.45, 2.75) is 38.0 Å². The van der Waals surface area contributed by atoms with Crippen LogP contribution in [-0.4, -0.2) is 24.0 Å². The summed E-state index contributed by atoms with van der Waals surface area (Å²) in [5.41, 5.74) is -0.0184. The van der Waals surface area contributed by atoms with Gasteiger partial charge in [0.2, 0.25) is 5.91 Å². The molecule has 0 spiro atoms. The van der Waals surface area contributed by atoms with E-state index in [0.29, 0.717) is 11.4 Å². The third kappa shape index (κ3) is 5.87. The van der Waals surface area contributed by atoms with Gasteiger partial charge in [0.1, 0.15) is 6.04 Å². The Labute approximate surface area is 165 Å². The number of halogens is 3. The van der Waals surface area contributed by atoms with Crippen molar-refractivity contribution in [1.29, 1.82) is 0 Å². The largest absolute Gasteiger partial charge is 0.418 e. The van der Waals surface area contributed by atoms with E-state index in [0.717, 1.165) is 18.9 Å². The number of hydrogen-bond donors (Lipinski definition) is 4. The molecule has 1 saturated carbocycles. The normalized spacial score (nSPS) is 14.6. The van der Waals surface area contributed by atoms with Crippen molar-refractivity contribution in [3.05, 3.63) is 54.1 Å². The number of carbonyl (C=O) groups is 2. The minimum absolute atomic E-state index is 0.248. The lowest BCUT2D eigenvalue weighted by atomic mass is 10.1. The summed E-state index contributed by atoms with van der Waals surface area (Å²) in [7, 11) is 0. The van der Waals surface area contributed by atoms with E-state index >= 15 is 0 Å². The molecule has 6 nitrogen and oxygen atoms in total. The van der Waals surface area contributed by atoms with Gasteiger partial charge in [-0.15, -0.1) is 0 Å². The Morgan fingerprint density at radius 3 is 2.21 bits per heavy atom. The molecule has 29 heavy (non-hydrogen) atoms. The molecule has 1 atom stereocenters. The SMILES string of the molecule is CC(Nc1ccc(NC(=O)NC2CC2)cc1)C(=O)Nc1ccccc1C(F)(F)F. The molecule has 4 N–H and O–H groups in total. The molecule has 154 valence electrons. The van der Waals surface area contributed by atoms with Crippen LogP contribution in [0.1, 0.15) is 25.3 Å². The molecule has 1 aliphatic rings. The van der Waals surface area contributed by atoms with Gasteiger partial charge < -0.3 is 21.3 Å². The maximum absolute atomic E-state index is 13.0. The molecule has 0 radical (unpaired) electrons. The van der Waals surface area contributed by atoms with E-state index in [-0.39, 0.29) is 17.8 Å². The summed E-state index contributed by atoms with van der Waals surface area (Å²) < 4.78 is 39.1. The summed E-state index contributed by atoms with van der Waals surface area (Å²) in [5, 5.41) is 10.7. The Morgan fingerprint density at radius 1 is 0.966 bits per heavy atom. The van der Waals surface area contributed by atoms with E-state index in [1.807, 2.05) is 0 Å². The Bertz CT molecular complexity index is 880. The number of nitrogens with one attached hydrogen (secondary N) is 4. The fraction of sp³-hybridized carbons (Fsp3) is 0.300. The van der Waals surface area contributed by atoms with E-state index in [1.54, 1.807) is 31.2 Å². The standard InChI is InChI=1S/C20H21F3N4O2/c1-12(18(28)27-17-5-3-2-4-16(17)20(21,22)23)24-13-6-8-14(9-7-13)25-19(29)26-15-10-11-15/h2-9,12,15,24H,10-11H2,1H3,(H,27,28)(H2,25,26,29). The van der Waals surface area contributed by atoms with E-state index in [4.69, 9.17) is 0 Å². The number of para-hydroxylation sites is 1. The van der Waals surface area contributed by atoms with Crippen LogP contribution in [0, 0.1) is 0 Å². The molecule has 0 heterocycles. The summed E-state index contributed by atoms with van der Waals surface area (Å²) in [6, 6.07) is 10.7. The number of carbonyl (C=O) groups excluding carboxylic acids is 2. The average Bonchev–Trinajstić information content (AvgIpc) is 3.46. The first-order valence-corrected chi connectivity index (χ1v) is 9.13. The highest BCUT2D eigenvalue weighted by atomic mass is 19.4. The molecule has 2 aromatic rings. The third-order valence-electron chi connectivity index (χ3n) is 4.32. The van der Waals surface area contributed by atoms with Gasteiger partial charge in [-0.3, -0.25) is 4.79 Å². The van der Waals surface area contributed by atoms with Crippen LogP contribution < -0.4 is 21.3 Å². The molecule has 1 fully saturated rings. The minimum atomic E-state index is -4.56. The molecule has 1 aliphatic carbocycles. The first kappa shape index (κ1) is 20.5. The number of urea groups is 1. The second kappa shape index (κ2) is 8.42. The van der Waals surface area contributed by atoms with Crippen molar-refractivity contribution >= 4 is 29.0 Å². The highest BCUT2D eigenvalue weighted by molar-refractivity contribution is 5.97. The molecule has 0 aliphatic heterocycles. The van der Waals surface area contributed by atoms with Crippen molar-refractivity contribution < 1.29 is 22.8 Å². The van der Waals surface area contributed by atoms with Crippen molar-refractivity contribution in [1.82, 2.24) is 5.32 Å². The van der Waals surface area contributed by atoms with Crippen LogP contribution in [0.3, 0.4) is 0 Å². The lowest BCUT2D eigenvalue weighted by molar-refractivity contribution is -0.137. The van der Waals surface area contributed by atoms with Gasteiger partial charge in [0.25, 0.3) is 0 Å². The smallest absolute Gasteiger partial charge is 0.374 e. The minimum Gasteiger partial charge on any atom is -0.374 e. The zero-order valence-electron chi connectivity index (χ0n) is 15.6. The molecule has 2 aromatic carbocycles. The Balaban J connectivity index is 1.56. The van der Waals surface area contributed by atoms with E-state index < -0.39 is 23.7 Å². The summed E-state index contributed by atoms with van der Waals surface area (Å²) in [5.74, 6) is -0.604. The average molecular weight is 406 g/mol. The van der Waals surface area contributed by atoms with Gasteiger partial charge in [-0.05, 0) is 56.2 Å². The summed E-state index contributed by atoms with van der Waals surface area (Å²) in [6.07, 6.45) is -2.58. The van der Waals surface area contributed by atoms with Crippen LogP contribution in [0.25, 0.3) is 0 Å². The zero-order chi connectivity index (χ0) is 21.0. The molecular weight excluding hydrogens is 385 g/mol. The van der Waals surface area contributed by atoms with Crippen LogP contribution in [0.2, 0.25) is 0 Å². The number of amides is 3. The van der Waals surface area contributed by atoms with Gasteiger partial charge in [-0.25, -0.2) is 4.79 Å². The van der Waals surface area contributed by atoms with Crippen LogP contribution in [-0.2, 0) is 11.0 Å². The van der Waals surface area contributed by atoms with Crippen molar-refractivity contribution in [2.75, 3.05) is 16.0 Å². The predicted molar refractivity (Wildman–Crippen MR) is 105 cm³/mol. The fourth-order valence-electron chi connectivity index (χ4n) is 2.63. The predicted octanol–water partition coefficient (Wildman–Crippen LogP) is 4.43. The first-order chi connectivity index (χ1) is 13.7. The van der Waals surface area contributed by atoms with Gasteiger partial charge in [-0.1, -0.05) is 12.1 Å². The number of hydrogen-bond acceptors (Lipinski definition) is 3. The highest BCUT2D eigenvalue weighted by Gasteiger charge is 2.33. The van der Waals surface area contributed by atoms with Crippen molar-refractivity contribution in [3.63, 3.8) is 0 Å². The maximum atomic E-state index is 13.0. The van der Waals surface area contributed by atoms with Crippen LogP contribution in [0.4, 0.5) is 35.0 Å². The number of anilines is 3. The second-order valence-corrected chi connectivity index (χ2v) is 6.85. The molecule has 1 unspecified atom stereocenters. The number of alkyl halides is 3. The van der Waals surface area contributed by atoms with Crippen LogP contribution >= 0.6 is 0 Å². The summed E-state index contributed by atoms with van der Waals surface area (Å²) >= 11 is 0. The monoisotopic (exact) mass is 406 g/mol. The third-order valence-corrected chi connectivity index (χ3v) is 4.32. The number of rotatable bonds is 6. The zero-order valence-corrected chi connectivity index (χ0v) is 15.6. The van der Waals surface area contributed by atoms with Gasteiger partial charge in [0, 0.05) is 17.4 Å². The molecule has 0 saturated heterocycles. The fourth-order valence-corrected chi connectivity index (χ4v) is 2.63. The molecule has 9 heteroatoms. The lowest BCUT2D eigenvalue weighted by Crippen LogP contribution is -2.32. The lowest BCUT2D eigenvalue weighted by Gasteiger charge is -2.18. The van der Waals surface area contributed by atoms with Crippen LogP contribution in [0.15, 0.2) is 48.5 Å². The first-order valence-electron chi connectivity index (χ1n) is 9.13. The van der Waals surface area contributed by atoms with Crippen LogP contribution in [0.5, 0.6) is 0 Å². The van der Waals surface area contributed by atoms with E-state index in [2.05, 4.69) is 21.3 Å². The van der Waals surface area contributed by atoms with E-state index in [1.165, 1.54) is 18.2 Å². The second-order valence-electron chi connectivity index (χ2n) is 6.85. The Morgan fingerprint density at radius 2 is 1.59 bits per heavy atom. The molecule has 3 rings (SSSR count). The molecule has 0 bridgehead atoms. The van der Waals surface area contributed by atoms with Crippen molar-refractivity contribution in [2.24, 2.45) is 0 Å². The quantitative estimate of drug-likeness (QED) is 0.573. The Kier molecular flexibility index (Phi) is 5.95. The Hall–Kier alpha value is -3.23. The van der Waals surface area contributed by atoms with Gasteiger partial charge >= 0.3 is 12.2 Å². The van der Waals surface area contributed by atoms with Gasteiger partial charge in [0.15, 0.2) is 0 Å². The number of benzene rings is 2. The van der Waals surface area contributed by atoms with Crippen molar-refractivity contribution in [3.8, 4) is 0 Å². The molecule has 3 amide bonds. The molecule has 0 aromatic heterocycles. The van der Waals surface area contributed by atoms with Gasteiger partial charge in [-0.2, -0.15) is 13.2 Å².